The molecule has 2 rings (SSSR count). The third kappa shape index (κ3) is 5.51. The second-order valence-corrected chi connectivity index (χ2v) is 5.58. The Kier molecular flexibility index (Phi) is 6.06. The van der Waals surface area contributed by atoms with Gasteiger partial charge >= 0.3 is 6.18 Å². The average Bonchev–Trinajstić information content (AvgIpc) is 2.51. The Labute approximate surface area is 144 Å². The van der Waals surface area contributed by atoms with Crippen LogP contribution < -0.4 is 14.8 Å². The van der Waals surface area contributed by atoms with E-state index in [0.29, 0.717) is 17.9 Å². The van der Waals surface area contributed by atoms with Crippen LogP contribution in [0.4, 0.5) is 24.8 Å². The van der Waals surface area contributed by atoms with Crippen LogP contribution in [0.1, 0.15) is 32.8 Å². The number of alkyl halides is 3. The molecule has 0 radical (unpaired) electrons. The summed E-state index contributed by atoms with van der Waals surface area (Å²) in [5, 5.41) is 2.86. The third-order valence-electron chi connectivity index (χ3n) is 2.96. The van der Waals surface area contributed by atoms with E-state index in [1.807, 2.05) is 13.8 Å². The molecule has 25 heavy (non-hydrogen) atoms. The van der Waals surface area contributed by atoms with Gasteiger partial charge in [-0.1, -0.05) is 13.0 Å². The SMILES string of the molecule is CCCOc1nc(Nc2cccc(OC(C)C)c2)ncc1C(F)(F)F. The summed E-state index contributed by atoms with van der Waals surface area (Å²) >= 11 is 0. The van der Waals surface area contributed by atoms with Crippen molar-refractivity contribution in [1.82, 2.24) is 9.97 Å². The molecule has 1 N–H and O–H groups in total. The van der Waals surface area contributed by atoms with Crippen LogP contribution in [0.5, 0.6) is 11.6 Å². The van der Waals surface area contributed by atoms with Gasteiger partial charge in [-0.05, 0) is 32.4 Å². The normalized spacial score (nSPS) is 11.5. The summed E-state index contributed by atoms with van der Waals surface area (Å²) in [4.78, 5) is 7.59. The van der Waals surface area contributed by atoms with Crippen molar-refractivity contribution in [2.24, 2.45) is 0 Å². The van der Waals surface area contributed by atoms with E-state index in [4.69, 9.17) is 9.47 Å². The van der Waals surface area contributed by atoms with Gasteiger partial charge in [-0.3, -0.25) is 0 Å². The summed E-state index contributed by atoms with van der Waals surface area (Å²) < 4.78 is 49.7. The van der Waals surface area contributed by atoms with E-state index in [9.17, 15) is 13.2 Å². The van der Waals surface area contributed by atoms with Crippen LogP contribution in [0, 0.1) is 0 Å². The number of aromatic nitrogens is 2. The number of benzene rings is 1. The Morgan fingerprint density at radius 1 is 1.24 bits per heavy atom. The van der Waals surface area contributed by atoms with Gasteiger partial charge in [0.1, 0.15) is 11.3 Å². The fraction of sp³-hybridized carbons (Fsp3) is 0.412. The Balaban J connectivity index is 2.25. The van der Waals surface area contributed by atoms with Crippen molar-refractivity contribution >= 4 is 11.6 Å². The van der Waals surface area contributed by atoms with Gasteiger partial charge in [-0.25, -0.2) is 4.98 Å². The molecule has 0 saturated carbocycles. The van der Waals surface area contributed by atoms with Gasteiger partial charge < -0.3 is 14.8 Å². The molecule has 0 spiro atoms. The van der Waals surface area contributed by atoms with Crippen molar-refractivity contribution in [3.8, 4) is 11.6 Å². The molecule has 0 bridgehead atoms. The first-order chi connectivity index (χ1) is 11.8. The zero-order valence-electron chi connectivity index (χ0n) is 14.2. The van der Waals surface area contributed by atoms with E-state index in [-0.39, 0.29) is 18.7 Å². The van der Waals surface area contributed by atoms with Gasteiger partial charge in [0.15, 0.2) is 0 Å². The van der Waals surface area contributed by atoms with Gasteiger partial charge in [0.05, 0.1) is 12.7 Å². The summed E-state index contributed by atoms with van der Waals surface area (Å²) in [6.45, 7) is 5.73. The fourth-order valence-electron chi connectivity index (χ4n) is 1.98. The number of halogens is 3. The number of nitrogens with zero attached hydrogens (tertiary/aromatic N) is 2. The predicted octanol–water partition coefficient (Wildman–Crippen LogP) is 4.82. The summed E-state index contributed by atoms with van der Waals surface area (Å²) in [6.07, 6.45) is -3.29. The molecule has 136 valence electrons. The van der Waals surface area contributed by atoms with E-state index < -0.39 is 17.6 Å². The van der Waals surface area contributed by atoms with Crippen molar-refractivity contribution in [3.63, 3.8) is 0 Å². The summed E-state index contributed by atoms with van der Waals surface area (Å²) in [5.74, 6) is 0.164. The number of ether oxygens (including phenoxy) is 2. The van der Waals surface area contributed by atoms with E-state index in [1.165, 1.54) is 0 Å². The molecule has 0 unspecified atom stereocenters. The minimum absolute atomic E-state index is 0.00613. The molecule has 1 aromatic heterocycles. The molecule has 0 aliphatic heterocycles. The standard InChI is InChI=1S/C17H20F3N3O2/c1-4-8-24-15-14(17(18,19)20)10-21-16(23-15)22-12-6-5-7-13(9-12)25-11(2)3/h5-7,9-11H,4,8H2,1-3H3,(H,21,22,23). The van der Waals surface area contributed by atoms with Gasteiger partial charge in [0, 0.05) is 18.0 Å². The largest absolute Gasteiger partial charge is 0.491 e. The number of hydrogen-bond donors (Lipinski definition) is 1. The van der Waals surface area contributed by atoms with Crippen molar-refractivity contribution in [1.29, 1.82) is 0 Å². The highest BCUT2D eigenvalue weighted by atomic mass is 19.4. The van der Waals surface area contributed by atoms with Gasteiger partial charge in [0.25, 0.3) is 0 Å². The summed E-state index contributed by atoms with van der Waals surface area (Å²) in [6, 6.07) is 7.00. The van der Waals surface area contributed by atoms with Crippen LogP contribution in [0.2, 0.25) is 0 Å². The molecule has 8 heteroatoms. The first kappa shape index (κ1) is 18.8. The van der Waals surface area contributed by atoms with Crippen LogP contribution >= 0.6 is 0 Å². The highest BCUT2D eigenvalue weighted by molar-refractivity contribution is 5.56. The molecular weight excluding hydrogens is 335 g/mol. The van der Waals surface area contributed by atoms with Gasteiger partial charge in [-0.2, -0.15) is 18.2 Å². The van der Waals surface area contributed by atoms with Crippen LogP contribution in [-0.4, -0.2) is 22.7 Å². The number of anilines is 2. The smallest absolute Gasteiger partial charge is 0.423 e. The molecule has 0 amide bonds. The number of rotatable bonds is 7. The predicted molar refractivity (Wildman–Crippen MR) is 88.3 cm³/mol. The lowest BCUT2D eigenvalue weighted by molar-refractivity contribution is -0.139. The van der Waals surface area contributed by atoms with Crippen molar-refractivity contribution in [2.75, 3.05) is 11.9 Å². The van der Waals surface area contributed by atoms with Crippen LogP contribution in [-0.2, 0) is 6.18 Å². The van der Waals surface area contributed by atoms with Gasteiger partial charge in [-0.15, -0.1) is 0 Å². The maximum atomic E-state index is 13.0. The molecule has 0 fully saturated rings. The Morgan fingerprint density at radius 3 is 2.64 bits per heavy atom. The van der Waals surface area contributed by atoms with Crippen LogP contribution in [0.15, 0.2) is 30.5 Å². The Hall–Kier alpha value is -2.51. The summed E-state index contributed by atoms with van der Waals surface area (Å²) in [5.41, 5.74) is -0.400. The minimum atomic E-state index is -4.58. The lowest BCUT2D eigenvalue weighted by atomic mass is 10.3. The minimum Gasteiger partial charge on any atom is -0.491 e. The Bertz CT molecular complexity index is 706. The van der Waals surface area contributed by atoms with Gasteiger partial charge in [0.2, 0.25) is 11.8 Å². The first-order valence-corrected chi connectivity index (χ1v) is 7.90. The van der Waals surface area contributed by atoms with Crippen molar-refractivity contribution in [3.05, 3.63) is 36.0 Å². The zero-order chi connectivity index (χ0) is 18.4. The van der Waals surface area contributed by atoms with E-state index >= 15 is 0 Å². The lowest BCUT2D eigenvalue weighted by Crippen LogP contribution is -2.12. The molecule has 0 atom stereocenters. The molecule has 5 nitrogen and oxygen atoms in total. The molecular formula is C17H20F3N3O2. The molecule has 1 aromatic carbocycles. The van der Waals surface area contributed by atoms with E-state index in [2.05, 4.69) is 15.3 Å². The molecule has 0 aliphatic carbocycles. The van der Waals surface area contributed by atoms with Crippen LogP contribution in [0.3, 0.4) is 0 Å². The zero-order valence-corrected chi connectivity index (χ0v) is 14.2. The monoisotopic (exact) mass is 355 g/mol. The van der Waals surface area contributed by atoms with E-state index in [1.54, 1.807) is 31.2 Å². The van der Waals surface area contributed by atoms with E-state index in [0.717, 1.165) is 6.20 Å². The third-order valence-corrected chi connectivity index (χ3v) is 2.96. The molecule has 1 heterocycles. The maximum Gasteiger partial charge on any atom is 0.423 e. The number of nitrogens with one attached hydrogen (secondary N) is 1. The Morgan fingerprint density at radius 2 is 2.00 bits per heavy atom. The number of hydrogen-bond acceptors (Lipinski definition) is 5. The van der Waals surface area contributed by atoms with Crippen molar-refractivity contribution < 1.29 is 22.6 Å². The highest BCUT2D eigenvalue weighted by Gasteiger charge is 2.36. The second kappa shape index (κ2) is 8.04. The van der Waals surface area contributed by atoms with Crippen LogP contribution in [0.25, 0.3) is 0 Å². The first-order valence-electron chi connectivity index (χ1n) is 7.90. The highest BCUT2D eigenvalue weighted by Crippen LogP contribution is 2.35. The molecule has 0 saturated heterocycles. The van der Waals surface area contributed by atoms with Crippen molar-refractivity contribution in [2.45, 2.75) is 39.5 Å². The maximum absolute atomic E-state index is 13.0. The topological polar surface area (TPSA) is 56.3 Å². The molecule has 2 aromatic rings. The summed E-state index contributed by atoms with van der Waals surface area (Å²) in [7, 11) is 0. The second-order valence-electron chi connectivity index (χ2n) is 5.58. The molecule has 0 aliphatic rings. The lowest BCUT2D eigenvalue weighted by Gasteiger charge is -2.14. The quantitative estimate of drug-likeness (QED) is 0.772. The average molecular weight is 355 g/mol. The fourth-order valence-corrected chi connectivity index (χ4v) is 1.98.